The predicted molar refractivity (Wildman–Crippen MR) is 139 cm³/mol. The molecule has 0 spiro atoms. The van der Waals surface area contributed by atoms with Gasteiger partial charge in [-0.05, 0) is 68.1 Å². The molecule has 0 amide bonds. The molecule has 1 unspecified atom stereocenters. The maximum absolute atomic E-state index is 13.8. The summed E-state index contributed by atoms with van der Waals surface area (Å²) in [4.78, 5) is 15.7. The first-order valence-electron chi connectivity index (χ1n) is 12.2. The number of allylic oxidation sites excluding steroid dienone is 3. The van der Waals surface area contributed by atoms with E-state index in [4.69, 9.17) is 19.9 Å². The summed E-state index contributed by atoms with van der Waals surface area (Å²) in [6, 6.07) is 15.3. The van der Waals surface area contributed by atoms with Gasteiger partial charge in [0.2, 0.25) is 0 Å². The van der Waals surface area contributed by atoms with E-state index >= 15 is 0 Å². The van der Waals surface area contributed by atoms with Crippen LogP contribution in [0.1, 0.15) is 52.0 Å². The first-order valence-corrected chi connectivity index (χ1v) is 12.2. The van der Waals surface area contributed by atoms with Crippen LogP contribution in [-0.4, -0.2) is 26.1 Å². The monoisotopic (exact) mass is 487 g/mol. The number of hydrogen-bond donors (Lipinski definition) is 1. The lowest BCUT2D eigenvalue weighted by Gasteiger charge is -2.44. The zero-order valence-electron chi connectivity index (χ0n) is 21.6. The van der Waals surface area contributed by atoms with Gasteiger partial charge >= 0.3 is 0 Å². The number of hydrogen-bond acceptors (Lipinski definition) is 7. The second kappa shape index (κ2) is 9.98. The summed E-state index contributed by atoms with van der Waals surface area (Å²) >= 11 is 0. The molecule has 2 N–H and O–H groups in total. The largest absolute Gasteiger partial charge is 0.497 e. The molecule has 0 radical (unpaired) electrons. The van der Waals surface area contributed by atoms with Crippen molar-refractivity contribution in [3.05, 3.63) is 70.7 Å². The number of ketones is 1. The van der Waals surface area contributed by atoms with Crippen molar-refractivity contribution in [1.29, 1.82) is 5.26 Å². The van der Waals surface area contributed by atoms with Crippen LogP contribution in [0.4, 0.5) is 5.69 Å². The van der Waals surface area contributed by atoms with Crippen molar-refractivity contribution in [3.63, 3.8) is 0 Å². The Morgan fingerprint density at radius 1 is 1.06 bits per heavy atom. The molecular weight excluding hydrogens is 454 g/mol. The lowest BCUT2D eigenvalue weighted by molar-refractivity contribution is -0.118. The molecular formula is C29H33N3O4. The molecule has 0 fully saturated rings. The smallest absolute Gasteiger partial charge is 0.162 e. The summed E-state index contributed by atoms with van der Waals surface area (Å²) in [6.45, 7) is 8.91. The van der Waals surface area contributed by atoms with E-state index in [1.165, 1.54) is 0 Å². The Labute approximate surface area is 212 Å². The number of benzene rings is 2. The molecule has 7 nitrogen and oxygen atoms in total. The van der Waals surface area contributed by atoms with Crippen molar-refractivity contribution < 1.29 is 19.0 Å². The fourth-order valence-electron chi connectivity index (χ4n) is 5.14. The van der Waals surface area contributed by atoms with Gasteiger partial charge < -0.3 is 19.9 Å². The number of carbonyl (C=O) groups excluding carboxylic acids is 1. The molecule has 0 saturated carbocycles. The van der Waals surface area contributed by atoms with E-state index in [1.54, 1.807) is 7.11 Å². The second-order valence-corrected chi connectivity index (χ2v) is 9.74. The standard InChI is InChI=1S/C29H33N3O4/c1-6-35-20-12-13-25(36-7-2)21(14-20)26-22(17-30)28(31)32(18-8-10-19(34-5)11-9-18)23-15-29(3,4)16-24(33)27(23)26/h8-14,26H,6-7,15-16,31H2,1-5H3. The molecule has 4 rings (SSSR count). The highest BCUT2D eigenvalue weighted by molar-refractivity contribution is 6.02. The van der Waals surface area contributed by atoms with E-state index in [2.05, 4.69) is 19.9 Å². The minimum Gasteiger partial charge on any atom is -0.497 e. The van der Waals surface area contributed by atoms with Gasteiger partial charge in [-0.1, -0.05) is 13.8 Å². The average molecular weight is 488 g/mol. The lowest BCUT2D eigenvalue weighted by Crippen LogP contribution is -2.42. The molecule has 1 aliphatic carbocycles. The van der Waals surface area contributed by atoms with Crippen LogP contribution >= 0.6 is 0 Å². The molecule has 1 atom stereocenters. The van der Waals surface area contributed by atoms with Gasteiger partial charge in [-0.3, -0.25) is 9.69 Å². The van der Waals surface area contributed by atoms with Crippen LogP contribution < -0.4 is 24.8 Å². The van der Waals surface area contributed by atoms with E-state index < -0.39 is 5.92 Å². The maximum Gasteiger partial charge on any atom is 0.162 e. The molecule has 7 heteroatoms. The Balaban J connectivity index is 1.99. The minimum atomic E-state index is -0.648. The normalized spacial score (nSPS) is 19.1. The van der Waals surface area contributed by atoms with E-state index in [0.29, 0.717) is 65.8 Å². The number of nitriles is 1. The number of Topliss-reactive ketones (excluding diaryl/α,β-unsaturated/α-hetero) is 1. The van der Waals surface area contributed by atoms with Gasteiger partial charge in [0.15, 0.2) is 5.78 Å². The maximum atomic E-state index is 13.8. The Hall–Kier alpha value is -3.92. The Kier molecular flexibility index (Phi) is 6.98. The highest BCUT2D eigenvalue weighted by Gasteiger charge is 2.45. The van der Waals surface area contributed by atoms with Gasteiger partial charge in [-0.15, -0.1) is 0 Å². The number of nitrogens with two attached hydrogens (primary N) is 1. The first-order chi connectivity index (χ1) is 17.2. The van der Waals surface area contributed by atoms with Crippen LogP contribution in [0.25, 0.3) is 0 Å². The SMILES string of the molecule is CCOc1ccc(OCC)c(C2C(C#N)=C(N)N(c3ccc(OC)cc3)C3=C2C(=O)CC(C)(C)C3)c1. The number of methoxy groups -OCH3 is 1. The molecule has 2 aliphatic rings. The molecule has 36 heavy (non-hydrogen) atoms. The van der Waals surface area contributed by atoms with Gasteiger partial charge in [-0.2, -0.15) is 5.26 Å². The average Bonchev–Trinajstić information content (AvgIpc) is 2.84. The molecule has 0 aromatic heterocycles. The Morgan fingerprint density at radius 3 is 2.33 bits per heavy atom. The number of rotatable bonds is 7. The van der Waals surface area contributed by atoms with Crippen molar-refractivity contribution in [2.75, 3.05) is 25.2 Å². The van der Waals surface area contributed by atoms with Crippen LogP contribution in [0, 0.1) is 16.7 Å². The third kappa shape index (κ3) is 4.51. The van der Waals surface area contributed by atoms with Gasteiger partial charge in [0, 0.05) is 28.9 Å². The first kappa shape index (κ1) is 25.2. The second-order valence-electron chi connectivity index (χ2n) is 9.74. The molecule has 0 saturated heterocycles. The van der Waals surface area contributed by atoms with E-state index in [1.807, 2.05) is 61.2 Å². The fraction of sp³-hybridized carbons (Fsp3) is 0.379. The van der Waals surface area contributed by atoms with Crippen molar-refractivity contribution in [2.24, 2.45) is 11.1 Å². The van der Waals surface area contributed by atoms with Crippen molar-refractivity contribution >= 4 is 11.5 Å². The van der Waals surface area contributed by atoms with Crippen LogP contribution in [0.3, 0.4) is 0 Å². The van der Waals surface area contributed by atoms with Gasteiger partial charge in [0.05, 0.1) is 37.9 Å². The zero-order valence-corrected chi connectivity index (χ0v) is 21.6. The summed E-state index contributed by atoms with van der Waals surface area (Å²) in [6.07, 6.45) is 1.01. The predicted octanol–water partition coefficient (Wildman–Crippen LogP) is 5.43. The van der Waals surface area contributed by atoms with Crippen LogP contribution in [-0.2, 0) is 4.79 Å². The molecule has 2 aromatic rings. The van der Waals surface area contributed by atoms with Crippen molar-refractivity contribution in [1.82, 2.24) is 0 Å². The Bertz CT molecular complexity index is 1270. The quantitative estimate of drug-likeness (QED) is 0.556. The summed E-state index contributed by atoms with van der Waals surface area (Å²) in [7, 11) is 1.61. The van der Waals surface area contributed by atoms with Crippen LogP contribution in [0.5, 0.6) is 17.2 Å². The van der Waals surface area contributed by atoms with Crippen molar-refractivity contribution in [3.8, 4) is 23.3 Å². The van der Waals surface area contributed by atoms with Gasteiger partial charge in [-0.25, -0.2) is 0 Å². The van der Waals surface area contributed by atoms with Crippen LogP contribution in [0.2, 0.25) is 0 Å². The number of ether oxygens (including phenoxy) is 3. The summed E-state index contributed by atoms with van der Waals surface area (Å²) < 4.78 is 17.0. The summed E-state index contributed by atoms with van der Waals surface area (Å²) in [5, 5.41) is 10.4. The van der Waals surface area contributed by atoms with E-state index in [0.717, 1.165) is 11.4 Å². The molecule has 188 valence electrons. The lowest BCUT2D eigenvalue weighted by atomic mass is 9.68. The zero-order chi connectivity index (χ0) is 26.0. The van der Waals surface area contributed by atoms with Crippen LogP contribution in [0.15, 0.2) is 65.1 Å². The number of nitrogens with zero attached hydrogens (tertiary/aromatic N) is 2. The molecule has 2 aromatic carbocycles. The number of anilines is 1. The van der Waals surface area contributed by atoms with E-state index in [9.17, 15) is 10.1 Å². The summed E-state index contributed by atoms with van der Waals surface area (Å²) in [5.74, 6) is 1.63. The molecule has 1 heterocycles. The van der Waals surface area contributed by atoms with Crippen molar-refractivity contribution in [2.45, 2.75) is 46.5 Å². The third-order valence-corrected chi connectivity index (χ3v) is 6.61. The third-order valence-electron chi connectivity index (χ3n) is 6.61. The Morgan fingerprint density at radius 2 is 1.72 bits per heavy atom. The highest BCUT2D eigenvalue weighted by atomic mass is 16.5. The highest BCUT2D eigenvalue weighted by Crippen LogP contribution is 2.52. The van der Waals surface area contributed by atoms with Gasteiger partial charge in [0.1, 0.15) is 23.1 Å². The molecule has 1 aliphatic heterocycles. The number of carbonyl (C=O) groups is 1. The van der Waals surface area contributed by atoms with Gasteiger partial charge in [0.25, 0.3) is 0 Å². The van der Waals surface area contributed by atoms with E-state index in [-0.39, 0.29) is 11.2 Å². The topological polar surface area (TPSA) is 97.8 Å². The fourth-order valence-corrected chi connectivity index (χ4v) is 5.14. The minimum absolute atomic E-state index is 0.00859. The molecule has 0 bridgehead atoms. The summed E-state index contributed by atoms with van der Waals surface area (Å²) in [5.41, 5.74) is 9.69.